The summed E-state index contributed by atoms with van der Waals surface area (Å²) in [5.41, 5.74) is 8.58. The van der Waals surface area contributed by atoms with Crippen LogP contribution in [-0.4, -0.2) is 27.7 Å². The van der Waals surface area contributed by atoms with E-state index < -0.39 is 5.97 Å². The van der Waals surface area contributed by atoms with Gasteiger partial charge in [0.05, 0.1) is 12.6 Å². The standard InChI is InChI=1S/C19H25N2O3P/c1-3-5-6-10-21-14(4-2)13(11-17(20)22)19-15(21)8-7-9-16(19)25-12-18(23)24/h5-9,25H,3-4,10-12H2,1-2H3,(H2,20,22)(H,23,24)/b6-5+. The minimum absolute atomic E-state index is 0.0947. The molecule has 0 radical (unpaired) electrons. The van der Waals surface area contributed by atoms with Crippen LogP contribution in [0.25, 0.3) is 10.9 Å². The summed E-state index contributed by atoms with van der Waals surface area (Å²) < 4.78 is 2.22. The van der Waals surface area contributed by atoms with E-state index in [0.717, 1.165) is 46.9 Å². The number of carbonyl (C=O) groups is 2. The number of carboxylic acids is 1. The number of rotatable bonds is 9. The molecule has 1 aromatic carbocycles. The van der Waals surface area contributed by atoms with Crippen LogP contribution < -0.4 is 11.0 Å². The van der Waals surface area contributed by atoms with Gasteiger partial charge in [-0.1, -0.05) is 46.7 Å². The summed E-state index contributed by atoms with van der Waals surface area (Å²) in [6, 6.07) is 5.95. The minimum Gasteiger partial charge on any atom is -0.481 e. The van der Waals surface area contributed by atoms with Crippen molar-refractivity contribution in [2.75, 3.05) is 6.16 Å². The zero-order valence-electron chi connectivity index (χ0n) is 14.7. The molecule has 1 heterocycles. The molecule has 1 unspecified atom stereocenters. The maximum absolute atomic E-state index is 11.6. The van der Waals surface area contributed by atoms with Crippen LogP contribution >= 0.6 is 8.58 Å². The molecule has 0 spiro atoms. The van der Waals surface area contributed by atoms with Crippen LogP contribution in [0.15, 0.2) is 30.4 Å². The molecule has 0 aliphatic carbocycles. The van der Waals surface area contributed by atoms with Crippen LogP contribution in [0.5, 0.6) is 0 Å². The highest BCUT2D eigenvalue weighted by Crippen LogP contribution is 2.30. The second kappa shape index (κ2) is 8.82. The third-order valence-electron chi connectivity index (χ3n) is 4.12. The molecule has 0 fully saturated rings. The molecule has 3 N–H and O–H groups in total. The number of fused-ring (bicyclic) bond motifs is 1. The van der Waals surface area contributed by atoms with Crippen LogP contribution in [0.4, 0.5) is 0 Å². The number of allylic oxidation sites excluding steroid dienone is 2. The topological polar surface area (TPSA) is 85.3 Å². The van der Waals surface area contributed by atoms with Gasteiger partial charge in [0, 0.05) is 23.1 Å². The fourth-order valence-electron chi connectivity index (χ4n) is 3.18. The summed E-state index contributed by atoms with van der Waals surface area (Å²) >= 11 is 0. The lowest BCUT2D eigenvalue weighted by atomic mass is 10.1. The Balaban J connectivity index is 2.66. The Labute approximate surface area is 149 Å². The number of aromatic nitrogens is 1. The van der Waals surface area contributed by atoms with Crippen LogP contribution in [0.3, 0.4) is 0 Å². The number of hydrogen-bond acceptors (Lipinski definition) is 2. The van der Waals surface area contributed by atoms with Crippen LogP contribution in [0.1, 0.15) is 31.5 Å². The van der Waals surface area contributed by atoms with Gasteiger partial charge < -0.3 is 15.4 Å². The number of nitrogens with zero attached hydrogens (tertiary/aromatic N) is 1. The highest BCUT2D eigenvalue weighted by atomic mass is 31.1. The second-order valence-electron chi connectivity index (χ2n) is 5.86. The monoisotopic (exact) mass is 360 g/mol. The molecule has 1 aromatic heterocycles. The Morgan fingerprint density at radius 2 is 2.04 bits per heavy atom. The Kier molecular flexibility index (Phi) is 6.77. The molecule has 1 amide bonds. The first kappa shape index (κ1) is 19.2. The number of aliphatic carboxylic acids is 1. The Bertz CT molecular complexity index is 809. The van der Waals surface area contributed by atoms with Crippen molar-refractivity contribution < 1.29 is 14.7 Å². The van der Waals surface area contributed by atoms with Crippen molar-refractivity contribution in [1.82, 2.24) is 4.57 Å². The first-order valence-corrected chi connectivity index (χ1v) is 9.72. The molecule has 134 valence electrons. The van der Waals surface area contributed by atoms with E-state index in [9.17, 15) is 9.59 Å². The molecule has 0 saturated carbocycles. The average Bonchev–Trinajstić information content (AvgIpc) is 2.86. The number of primary amides is 1. The van der Waals surface area contributed by atoms with Gasteiger partial charge in [0.1, 0.15) is 0 Å². The Morgan fingerprint density at radius 3 is 2.64 bits per heavy atom. The number of carbonyl (C=O) groups excluding carboxylic acids is 1. The predicted molar refractivity (Wildman–Crippen MR) is 104 cm³/mol. The van der Waals surface area contributed by atoms with Crippen molar-refractivity contribution in [3.8, 4) is 0 Å². The zero-order chi connectivity index (χ0) is 18.4. The lowest BCUT2D eigenvalue weighted by Gasteiger charge is -2.08. The third-order valence-corrected chi connectivity index (χ3v) is 5.39. The SMILES string of the molecule is CC/C=C/Cn1c(CC)c(CC(N)=O)c2c(PCC(=O)O)cccc21. The first-order chi connectivity index (χ1) is 12.0. The van der Waals surface area contributed by atoms with E-state index in [1.54, 1.807) is 0 Å². The molecule has 6 heteroatoms. The normalized spacial score (nSPS) is 11.9. The maximum Gasteiger partial charge on any atom is 0.307 e. The van der Waals surface area contributed by atoms with Crippen LogP contribution in [0, 0.1) is 0 Å². The molecule has 5 nitrogen and oxygen atoms in total. The largest absolute Gasteiger partial charge is 0.481 e. The van der Waals surface area contributed by atoms with Gasteiger partial charge in [0.2, 0.25) is 5.91 Å². The van der Waals surface area contributed by atoms with Gasteiger partial charge in [-0.3, -0.25) is 9.59 Å². The quantitative estimate of drug-likeness (QED) is 0.532. The number of benzene rings is 1. The number of carboxylic acid groups (broad SMARTS) is 1. The molecule has 0 saturated heterocycles. The van der Waals surface area contributed by atoms with Crippen molar-refractivity contribution in [2.45, 2.75) is 39.7 Å². The van der Waals surface area contributed by atoms with E-state index >= 15 is 0 Å². The molecule has 2 rings (SSSR count). The molecular formula is C19H25N2O3P. The van der Waals surface area contributed by atoms with Crippen molar-refractivity contribution in [1.29, 1.82) is 0 Å². The second-order valence-corrected chi connectivity index (χ2v) is 7.10. The van der Waals surface area contributed by atoms with E-state index in [0.29, 0.717) is 0 Å². The Morgan fingerprint density at radius 1 is 1.28 bits per heavy atom. The van der Waals surface area contributed by atoms with Gasteiger partial charge >= 0.3 is 5.97 Å². The molecule has 2 aromatic rings. The fourth-order valence-corrected chi connectivity index (χ4v) is 4.19. The molecule has 1 atom stereocenters. The van der Waals surface area contributed by atoms with Gasteiger partial charge in [0.15, 0.2) is 0 Å². The predicted octanol–water partition coefficient (Wildman–Crippen LogP) is 2.59. The van der Waals surface area contributed by atoms with Crippen LogP contribution in [-0.2, 0) is 29.0 Å². The fraction of sp³-hybridized carbons (Fsp3) is 0.368. The molecule has 0 aliphatic heterocycles. The first-order valence-electron chi connectivity index (χ1n) is 8.51. The molecule has 0 bridgehead atoms. The van der Waals surface area contributed by atoms with Gasteiger partial charge in [-0.15, -0.1) is 0 Å². The van der Waals surface area contributed by atoms with Crippen molar-refractivity contribution in [3.05, 3.63) is 41.6 Å². The number of nitrogens with two attached hydrogens (primary N) is 1. The molecule has 25 heavy (non-hydrogen) atoms. The summed E-state index contributed by atoms with van der Waals surface area (Å²) in [5.74, 6) is -1.18. The number of hydrogen-bond donors (Lipinski definition) is 2. The maximum atomic E-state index is 11.6. The van der Waals surface area contributed by atoms with Gasteiger partial charge in [0.25, 0.3) is 0 Å². The van der Waals surface area contributed by atoms with Gasteiger partial charge in [-0.2, -0.15) is 0 Å². The molecular weight excluding hydrogens is 335 g/mol. The summed E-state index contributed by atoms with van der Waals surface area (Å²) in [4.78, 5) is 22.6. The van der Waals surface area contributed by atoms with Crippen LogP contribution in [0.2, 0.25) is 0 Å². The summed E-state index contributed by atoms with van der Waals surface area (Å²) in [7, 11) is 0.162. The van der Waals surface area contributed by atoms with Crippen molar-refractivity contribution in [3.63, 3.8) is 0 Å². The average molecular weight is 360 g/mol. The van der Waals surface area contributed by atoms with E-state index in [1.807, 2.05) is 18.2 Å². The van der Waals surface area contributed by atoms with Crippen molar-refractivity contribution >= 4 is 36.7 Å². The zero-order valence-corrected chi connectivity index (χ0v) is 15.7. The Hall–Kier alpha value is -2.13. The van der Waals surface area contributed by atoms with E-state index in [-0.39, 0.29) is 27.1 Å². The van der Waals surface area contributed by atoms with E-state index in [4.69, 9.17) is 10.8 Å². The summed E-state index contributed by atoms with van der Waals surface area (Å²) in [5, 5.41) is 11.0. The lowest BCUT2D eigenvalue weighted by Crippen LogP contribution is -2.16. The van der Waals surface area contributed by atoms with E-state index in [2.05, 4.69) is 30.6 Å². The summed E-state index contributed by atoms with van der Waals surface area (Å²) in [6.45, 7) is 4.89. The van der Waals surface area contributed by atoms with E-state index in [1.165, 1.54) is 0 Å². The molecule has 0 aliphatic rings. The van der Waals surface area contributed by atoms with Gasteiger partial charge in [-0.05, 0) is 29.8 Å². The van der Waals surface area contributed by atoms with Gasteiger partial charge in [-0.25, -0.2) is 0 Å². The lowest BCUT2D eigenvalue weighted by molar-refractivity contribution is -0.134. The summed E-state index contributed by atoms with van der Waals surface area (Å²) in [6.07, 6.45) is 6.28. The van der Waals surface area contributed by atoms with Crippen molar-refractivity contribution in [2.24, 2.45) is 5.73 Å². The third kappa shape index (κ3) is 4.49. The highest BCUT2D eigenvalue weighted by Gasteiger charge is 2.19. The number of amides is 1. The minimum atomic E-state index is -0.812. The smallest absolute Gasteiger partial charge is 0.307 e. The highest BCUT2D eigenvalue weighted by molar-refractivity contribution is 7.48.